The van der Waals surface area contributed by atoms with Crippen molar-refractivity contribution in [2.45, 2.75) is 33.2 Å². The van der Waals surface area contributed by atoms with Crippen molar-refractivity contribution in [2.24, 2.45) is 11.7 Å². The second-order valence-corrected chi connectivity index (χ2v) is 4.65. The van der Waals surface area contributed by atoms with Gasteiger partial charge in [0, 0.05) is 0 Å². The lowest BCUT2D eigenvalue weighted by atomic mass is 10.0. The van der Waals surface area contributed by atoms with Crippen molar-refractivity contribution in [3.05, 3.63) is 24.3 Å². The Morgan fingerprint density at radius 1 is 1.39 bits per heavy atom. The van der Waals surface area contributed by atoms with Gasteiger partial charge < -0.3 is 15.8 Å². The van der Waals surface area contributed by atoms with Gasteiger partial charge in [0.25, 0.3) is 0 Å². The van der Waals surface area contributed by atoms with Crippen LogP contribution in [0, 0.1) is 5.92 Å². The second-order valence-electron chi connectivity index (χ2n) is 4.65. The number of rotatable bonds is 6. The zero-order valence-corrected chi connectivity index (χ0v) is 11.3. The summed E-state index contributed by atoms with van der Waals surface area (Å²) in [5, 5.41) is 2.81. The molecule has 4 heteroatoms. The minimum atomic E-state index is -0.486. The molecule has 0 spiro atoms. The Morgan fingerprint density at radius 2 is 2.06 bits per heavy atom. The molecule has 3 N–H and O–H groups in total. The highest BCUT2D eigenvalue weighted by molar-refractivity contribution is 5.95. The van der Waals surface area contributed by atoms with E-state index < -0.39 is 6.04 Å². The number of para-hydroxylation sites is 2. The van der Waals surface area contributed by atoms with Crippen LogP contribution in [0.25, 0.3) is 0 Å². The van der Waals surface area contributed by atoms with E-state index in [0.717, 1.165) is 0 Å². The molecule has 0 fully saturated rings. The van der Waals surface area contributed by atoms with Crippen LogP contribution in [0.2, 0.25) is 0 Å². The van der Waals surface area contributed by atoms with Crippen LogP contribution in [-0.2, 0) is 4.79 Å². The molecule has 0 heterocycles. The molecule has 1 atom stereocenters. The van der Waals surface area contributed by atoms with Crippen molar-refractivity contribution < 1.29 is 9.53 Å². The summed E-state index contributed by atoms with van der Waals surface area (Å²) in [6.07, 6.45) is 0.669. The van der Waals surface area contributed by atoms with Crippen molar-refractivity contribution in [3.63, 3.8) is 0 Å². The molecule has 0 saturated heterocycles. The Morgan fingerprint density at radius 3 is 2.67 bits per heavy atom. The van der Waals surface area contributed by atoms with E-state index in [-0.39, 0.29) is 5.91 Å². The highest BCUT2D eigenvalue weighted by Crippen LogP contribution is 2.23. The van der Waals surface area contributed by atoms with Gasteiger partial charge in [0.05, 0.1) is 18.3 Å². The van der Waals surface area contributed by atoms with Crippen molar-refractivity contribution >= 4 is 11.6 Å². The van der Waals surface area contributed by atoms with Crippen LogP contribution < -0.4 is 15.8 Å². The van der Waals surface area contributed by atoms with Gasteiger partial charge in [-0.15, -0.1) is 0 Å². The number of carbonyl (C=O) groups is 1. The summed E-state index contributed by atoms with van der Waals surface area (Å²) < 4.78 is 5.44. The number of benzene rings is 1. The Bertz CT molecular complexity index is 391. The Kier molecular flexibility index (Phi) is 5.65. The van der Waals surface area contributed by atoms with Crippen LogP contribution in [-0.4, -0.2) is 18.6 Å². The van der Waals surface area contributed by atoms with Crippen LogP contribution >= 0.6 is 0 Å². The van der Waals surface area contributed by atoms with Crippen molar-refractivity contribution in [1.29, 1.82) is 0 Å². The summed E-state index contributed by atoms with van der Waals surface area (Å²) in [7, 11) is 0. The SMILES string of the molecule is CCOc1ccccc1NC(=O)C(N)CC(C)C. The third kappa shape index (κ3) is 4.37. The van der Waals surface area contributed by atoms with Gasteiger partial charge in [-0.05, 0) is 31.4 Å². The molecular formula is C14H22N2O2. The van der Waals surface area contributed by atoms with Gasteiger partial charge in [0.2, 0.25) is 5.91 Å². The summed E-state index contributed by atoms with van der Waals surface area (Å²) in [5.74, 6) is 0.897. The number of nitrogens with two attached hydrogens (primary N) is 1. The van der Waals surface area contributed by atoms with E-state index in [4.69, 9.17) is 10.5 Å². The first-order chi connectivity index (χ1) is 8.54. The zero-order valence-electron chi connectivity index (χ0n) is 11.3. The average Bonchev–Trinajstić information content (AvgIpc) is 2.31. The van der Waals surface area contributed by atoms with Gasteiger partial charge in [0.1, 0.15) is 5.75 Å². The van der Waals surface area contributed by atoms with Crippen molar-refractivity contribution in [3.8, 4) is 5.75 Å². The smallest absolute Gasteiger partial charge is 0.241 e. The third-order valence-corrected chi connectivity index (χ3v) is 2.51. The Balaban J connectivity index is 2.69. The topological polar surface area (TPSA) is 64.3 Å². The largest absolute Gasteiger partial charge is 0.492 e. The van der Waals surface area contributed by atoms with Gasteiger partial charge in [-0.25, -0.2) is 0 Å². The monoisotopic (exact) mass is 250 g/mol. The molecule has 0 bridgehead atoms. The molecule has 1 unspecified atom stereocenters. The number of anilines is 1. The van der Waals surface area contributed by atoms with Crippen LogP contribution in [0.5, 0.6) is 5.75 Å². The number of amides is 1. The van der Waals surface area contributed by atoms with Crippen molar-refractivity contribution in [1.82, 2.24) is 0 Å². The van der Waals surface area contributed by atoms with E-state index in [1.807, 2.05) is 45.0 Å². The maximum atomic E-state index is 11.9. The predicted octanol–water partition coefficient (Wildman–Crippen LogP) is 2.40. The summed E-state index contributed by atoms with van der Waals surface area (Å²) in [6.45, 7) is 6.55. The average molecular weight is 250 g/mol. The quantitative estimate of drug-likeness (QED) is 0.814. The van der Waals surface area contributed by atoms with Crippen LogP contribution in [0.1, 0.15) is 27.2 Å². The number of nitrogens with one attached hydrogen (secondary N) is 1. The molecule has 1 aromatic carbocycles. The summed E-state index contributed by atoms with van der Waals surface area (Å²) in [6, 6.07) is 6.87. The standard InChI is InChI=1S/C14H22N2O2/c1-4-18-13-8-6-5-7-12(13)16-14(17)11(15)9-10(2)3/h5-8,10-11H,4,9,15H2,1-3H3,(H,16,17). The van der Waals surface area contributed by atoms with E-state index in [2.05, 4.69) is 5.32 Å². The van der Waals surface area contributed by atoms with E-state index in [1.165, 1.54) is 0 Å². The number of ether oxygens (including phenoxy) is 1. The van der Waals surface area contributed by atoms with Gasteiger partial charge in [0.15, 0.2) is 0 Å². The second kappa shape index (κ2) is 7.01. The lowest BCUT2D eigenvalue weighted by Gasteiger charge is -2.16. The number of carbonyl (C=O) groups excluding carboxylic acids is 1. The first-order valence-corrected chi connectivity index (χ1v) is 6.32. The number of hydrogen-bond acceptors (Lipinski definition) is 3. The molecule has 0 saturated carbocycles. The van der Waals surface area contributed by atoms with Crippen LogP contribution in [0.3, 0.4) is 0 Å². The van der Waals surface area contributed by atoms with E-state index in [1.54, 1.807) is 0 Å². The lowest BCUT2D eigenvalue weighted by Crippen LogP contribution is -2.36. The highest BCUT2D eigenvalue weighted by Gasteiger charge is 2.16. The summed E-state index contributed by atoms with van der Waals surface area (Å²) in [4.78, 5) is 11.9. The Hall–Kier alpha value is -1.55. The number of hydrogen-bond donors (Lipinski definition) is 2. The predicted molar refractivity (Wildman–Crippen MR) is 73.7 cm³/mol. The molecule has 18 heavy (non-hydrogen) atoms. The molecule has 0 aromatic heterocycles. The van der Waals surface area contributed by atoms with E-state index >= 15 is 0 Å². The molecule has 1 rings (SSSR count). The minimum absolute atomic E-state index is 0.171. The normalized spacial score (nSPS) is 12.3. The maximum absolute atomic E-state index is 11.9. The molecule has 0 radical (unpaired) electrons. The van der Waals surface area contributed by atoms with E-state index in [9.17, 15) is 4.79 Å². The summed E-state index contributed by atoms with van der Waals surface area (Å²) >= 11 is 0. The van der Waals surface area contributed by atoms with E-state index in [0.29, 0.717) is 30.4 Å². The maximum Gasteiger partial charge on any atom is 0.241 e. The van der Waals surface area contributed by atoms with Crippen molar-refractivity contribution in [2.75, 3.05) is 11.9 Å². The van der Waals surface area contributed by atoms with Gasteiger partial charge in [-0.1, -0.05) is 26.0 Å². The molecule has 4 nitrogen and oxygen atoms in total. The van der Waals surface area contributed by atoms with Gasteiger partial charge in [-0.2, -0.15) is 0 Å². The van der Waals surface area contributed by atoms with Gasteiger partial charge >= 0.3 is 0 Å². The minimum Gasteiger partial charge on any atom is -0.492 e. The zero-order chi connectivity index (χ0) is 13.5. The molecule has 1 aromatic rings. The molecular weight excluding hydrogens is 228 g/mol. The molecule has 0 aliphatic heterocycles. The molecule has 0 aliphatic rings. The van der Waals surface area contributed by atoms with Gasteiger partial charge in [-0.3, -0.25) is 4.79 Å². The first kappa shape index (κ1) is 14.5. The first-order valence-electron chi connectivity index (χ1n) is 6.32. The lowest BCUT2D eigenvalue weighted by molar-refractivity contribution is -0.117. The Labute approximate surface area is 109 Å². The fraction of sp³-hybridized carbons (Fsp3) is 0.500. The molecule has 1 amide bonds. The fourth-order valence-electron chi connectivity index (χ4n) is 1.69. The fourth-order valence-corrected chi connectivity index (χ4v) is 1.69. The summed E-state index contributed by atoms with van der Waals surface area (Å²) in [5.41, 5.74) is 6.51. The van der Waals surface area contributed by atoms with Crippen LogP contribution in [0.15, 0.2) is 24.3 Å². The molecule has 0 aliphatic carbocycles. The molecule has 100 valence electrons. The highest BCUT2D eigenvalue weighted by atomic mass is 16.5. The van der Waals surface area contributed by atoms with Crippen LogP contribution in [0.4, 0.5) is 5.69 Å². The third-order valence-electron chi connectivity index (χ3n) is 2.51.